The molecular weight excluding hydrogens is 679 g/mol. The molecule has 0 aliphatic rings. The summed E-state index contributed by atoms with van der Waals surface area (Å²) >= 11 is 0. The van der Waals surface area contributed by atoms with Gasteiger partial charge in [-0.1, -0.05) is 170 Å². The number of para-hydroxylation sites is 1. The van der Waals surface area contributed by atoms with Crippen LogP contribution in [0.2, 0.25) is 0 Å². The van der Waals surface area contributed by atoms with E-state index in [-0.39, 0.29) is 0 Å². The van der Waals surface area contributed by atoms with Crippen LogP contribution in [0.1, 0.15) is 0 Å². The molecule has 0 radical (unpaired) electrons. The highest BCUT2D eigenvalue weighted by molar-refractivity contribution is 6.19. The minimum Gasteiger partial charge on any atom is -0.455 e. The highest BCUT2D eigenvalue weighted by atomic mass is 16.3. The molecule has 11 rings (SSSR count). The van der Waals surface area contributed by atoms with Crippen molar-refractivity contribution in [2.45, 2.75) is 0 Å². The Balaban J connectivity index is 1.15. The van der Waals surface area contributed by atoms with Gasteiger partial charge in [-0.3, -0.25) is 0 Å². The van der Waals surface area contributed by atoms with E-state index < -0.39 is 0 Å². The lowest BCUT2D eigenvalue weighted by Gasteiger charge is -2.27. The molecular formula is C54H35NO. The van der Waals surface area contributed by atoms with E-state index in [1.54, 1.807) is 0 Å². The van der Waals surface area contributed by atoms with Gasteiger partial charge in [0.25, 0.3) is 0 Å². The van der Waals surface area contributed by atoms with Gasteiger partial charge in [-0.25, -0.2) is 0 Å². The zero-order valence-corrected chi connectivity index (χ0v) is 30.6. The molecule has 56 heavy (non-hydrogen) atoms. The lowest BCUT2D eigenvalue weighted by molar-refractivity contribution is 0.670. The van der Waals surface area contributed by atoms with Crippen molar-refractivity contribution in [3.8, 4) is 33.4 Å². The molecule has 2 nitrogen and oxygen atoms in total. The van der Waals surface area contributed by atoms with E-state index in [0.29, 0.717) is 0 Å². The standard InChI is InChI=1S/C54H35NO/c1-2-13-36(14-3-1)43-19-8-9-20-45(43)39-27-29-41(30-28-39)55(42-31-32-47-40(35-42)26-25-38-16-5-6-18-44(38)47)51-34-33-49(48-23-12-17-37-15-4-7-21-46(37)48)54-53(51)50-22-10-11-24-52(50)56-54/h1-35H. The van der Waals surface area contributed by atoms with Gasteiger partial charge in [0, 0.05) is 22.3 Å². The lowest BCUT2D eigenvalue weighted by atomic mass is 9.94. The second-order valence-corrected chi connectivity index (χ2v) is 14.4. The van der Waals surface area contributed by atoms with Crippen molar-refractivity contribution in [1.29, 1.82) is 0 Å². The first-order valence-corrected chi connectivity index (χ1v) is 19.2. The van der Waals surface area contributed by atoms with Gasteiger partial charge in [-0.2, -0.15) is 0 Å². The molecule has 0 bridgehead atoms. The van der Waals surface area contributed by atoms with Crippen LogP contribution in [0.5, 0.6) is 0 Å². The third-order valence-corrected chi connectivity index (χ3v) is 11.3. The zero-order valence-electron chi connectivity index (χ0n) is 30.6. The largest absolute Gasteiger partial charge is 0.455 e. The molecule has 1 aromatic heterocycles. The van der Waals surface area contributed by atoms with E-state index in [1.807, 2.05) is 0 Å². The Morgan fingerprint density at radius 3 is 1.70 bits per heavy atom. The molecule has 0 atom stereocenters. The number of benzene rings is 10. The van der Waals surface area contributed by atoms with Crippen LogP contribution in [0, 0.1) is 0 Å². The molecule has 1 heterocycles. The molecule has 0 saturated heterocycles. The van der Waals surface area contributed by atoms with Gasteiger partial charge in [0.05, 0.1) is 11.1 Å². The zero-order chi connectivity index (χ0) is 37.0. The van der Waals surface area contributed by atoms with Gasteiger partial charge in [0.2, 0.25) is 0 Å². The van der Waals surface area contributed by atoms with E-state index in [9.17, 15) is 0 Å². The molecule has 2 heteroatoms. The van der Waals surface area contributed by atoms with Crippen LogP contribution in [0.3, 0.4) is 0 Å². The topological polar surface area (TPSA) is 16.4 Å². The number of hydrogen-bond acceptors (Lipinski definition) is 2. The fourth-order valence-electron chi connectivity index (χ4n) is 8.63. The number of rotatable bonds is 6. The maximum Gasteiger partial charge on any atom is 0.145 e. The Morgan fingerprint density at radius 1 is 0.321 bits per heavy atom. The number of nitrogens with zero attached hydrogens (tertiary/aromatic N) is 1. The summed E-state index contributed by atoms with van der Waals surface area (Å²) in [6.45, 7) is 0. The maximum absolute atomic E-state index is 6.87. The van der Waals surface area contributed by atoms with E-state index in [1.165, 1.54) is 54.6 Å². The predicted molar refractivity (Wildman–Crippen MR) is 237 cm³/mol. The van der Waals surface area contributed by atoms with Crippen molar-refractivity contribution in [1.82, 2.24) is 0 Å². The van der Waals surface area contributed by atoms with Crippen molar-refractivity contribution < 1.29 is 4.42 Å². The van der Waals surface area contributed by atoms with E-state index in [4.69, 9.17) is 4.42 Å². The van der Waals surface area contributed by atoms with Crippen LogP contribution in [-0.2, 0) is 0 Å². The fraction of sp³-hybridized carbons (Fsp3) is 0. The highest BCUT2D eigenvalue weighted by Gasteiger charge is 2.23. The Bertz CT molecular complexity index is 3240. The van der Waals surface area contributed by atoms with Gasteiger partial charge < -0.3 is 9.32 Å². The van der Waals surface area contributed by atoms with Crippen molar-refractivity contribution in [2.75, 3.05) is 4.90 Å². The molecule has 0 spiro atoms. The Morgan fingerprint density at radius 2 is 0.893 bits per heavy atom. The third-order valence-electron chi connectivity index (χ3n) is 11.3. The predicted octanol–water partition coefficient (Wildman–Crippen LogP) is 15.5. The Kier molecular flexibility index (Phi) is 7.53. The van der Waals surface area contributed by atoms with E-state index >= 15 is 0 Å². The van der Waals surface area contributed by atoms with Gasteiger partial charge >= 0.3 is 0 Å². The van der Waals surface area contributed by atoms with Crippen LogP contribution >= 0.6 is 0 Å². The monoisotopic (exact) mass is 713 g/mol. The summed E-state index contributed by atoms with van der Waals surface area (Å²) in [6.07, 6.45) is 0. The SMILES string of the molecule is c1ccc(-c2ccccc2-c2ccc(N(c3ccc4c(ccc5ccccc54)c3)c3ccc(-c4cccc5ccccc45)c4oc5ccccc5c34)cc2)cc1. The third kappa shape index (κ3) is 5.26. The second kappa shape index (κ2) is 13.2. The maximum atomic E-state index is 6.87. The molecule has 0 N–H and O–H groups in total. The number of anilines is 3. The number of furan rings is 1. The smallest absolute Gasteiger partial charge is 0.145 e. The first kappa shape index (κ1) is 32.0. The second-order valence-electron chi connectivity index (χ2n) is 14.4. The van der Waals surface area contributed by atoms with Crippen LogP contribution < -0.4 is 4.90 Å². The van der Waals surface area contributed by atoms with Crippen molar-refractivity contribution in [3.05, 3.63) is 212 Å². The molecule has 10 aromatic carbocycles. The quantitative estimate of drug-likeness (QED) is 0.160. The first-order valence-electron chi connectivity index (χ1n) is 19.2. The normalized spacial score (nSPS) is 11.6. The molecule has 0 aliphatic heterocycles. The Labute approximate surface area is 325 Å². The minimum atomic E-state index is 0.870. The average Bonchev–Trinajstić information content (AvgIpc) is 3.67. The summed E-state index contributed by atoms with van der Waals surface area (Å²) in [4.78, 5) is 2.40. The summed E-state index contributed by atoms with van der Waals surface area (Å²) in [5.74, 6) is 0. The van der Waals surface area contributed by atoms with Crippen LogP contribution in [0.25, 0.3) is 87.6 Å². The minimum absolute atomic E-state index is 0.870. The highest BCUT2D eigenvalue weighted by Crippen LogP contribution is 2.48. The summed E-state index contributed by atoms with van der Waals surface area (Å²) in [7, 11) is 0. The molecule has 0 amide bonds. The number of hydrogen-bond donors (Lipinski definition) is 0. The Hall–Kier alpha value is -7.42. The van der Waals surface area contributed by atoms with E-state index in [2.05, 4.69) is 217 Å². The summed E-state index contributed by atoms with van der Waals surface area (Å²) in [6, 6.07) is 76.4. The molecule has 262 valence electrons. The van der Waals surface area contributed by atoms with Crippen LogP contribution in [0.4, 0.5) is 17.1 Å². The van der Waals surface area contributed by atoms with Crippen LogP contribution in [-0.4, -0.2) is 0 Å². The van der Waals surface area contributed by atoms with Crippen molar-refractivity contribution >= 4 is 71.3 Å². The van der Waals surface area contributed by atoms with Crippen LogP contribution in [0.15, 0.2) is 217 Å². The molecule has 11 aromatic rings. The van der Waals surface area contributed by atoms with E-state index in [0.717, 1.165) is 50.1 Å². The average molecular weight is 714 g/mol. The lowest BCUT2D eigenvalue weighted by Crippen LogP contribution is -2.10. The molecule has 0 fully saturated rings. The van der Waals surface area contributed by atoms with Gasteiger partial charge in [0.1, 0.15) is 11.2 Å². The van der Waals surface area contributed by atoms with Gasteiger partial charge in [-0.15, -0.1) is 0 Å². The molecule has 0 saturated carbocycles. The van der Waals surface area contributed by atoms with Gasteiger partial charge in [-0.05, 0) is 103 Å². The van der Waals surface area contributed by atoms with Crippen molar-refractivity contribution in [2.24, 2.45) is 0 Å². The summed E-state index contributed by atoms with van der Waals surface area (Å²) < 4.78 is 6.87. The molecule has 0 unspecified atom stereocenters. The summed E-state index contributed by atoms with van der Waals surface area (Å²) in [5.41, 5.74) is 12.0. The number of fused-ring (bicyclic) bond motifs is 7. The molecule has 0 aliphatic carbocycles. The van der Waals surface area contributed by atoms with Crippen molar-refractivity contribution in [3.63, 3.8) is 0 Å². The fourth-order valence-corrected chi connectivity index (χ4v) is 8.63. The first-order chi connectivity index (χ1) is 27.8. The van der Waals surface area contributed by atoms with Gasteiger partial charge in [0.15, 0.2) is 0 Å². The summed E-state index contributed by atoms with van der Waals surface area (Å²) in [5, 5.41) is 9.52.